The molecule has 0 aliphatic rings. The molecule has 0 saturated carbocycles. The zero-order valence-electron chi connectivity index (χ0n) is 13.8. The Morgan fingerprint density at radius 3 is 2.74 bits per heavy atom. The predicted octanol–water partition coefficient (Wildman–Crippen LogP) is 3.14. The maximum atomic E-state index is 14.9. The summed E-state index contributed by atoms with van der Waals surface area (Å²) in [4.78, 5) is 3.20. The highest BCUT2D eigenvalue weighted by Gasteiger charge is 2.30. The summed E-state index contributed by atoms with van der Waals surface area (Å²) in [6.45, 7) is 0.0397. The minimum Gasteiger partial charge on any atom is -0.316 e. The molecule has 11 heteroatoms. The highest BCUT2D eigenvalue weighted by molar-refractivity contribution is 7.90. The van der Waals surface area contributed by atoms with Crippen LogP contribution in [0.5, 0.6) is 0 Å². The summed E-state index contributed by atoms with van der Waals surface area (Å²) in [5.41, 5.74) is -0.763. The molecule has 0 unspecified atom stereocenters. The van der Waals surface area contributed by atoms with Gasteiger partial charge in [0.05, 0.1) is 11.1 Å². The largest absolute Gasteiger partial charge is 0.316 e. The van der Waals surface area contributed by atoms with E-state index >= 15 is 0 Å². The van der Waals surface area contributed by atoms with E-state index in [4.69, 9.17) is 5.26 Å². The minimum absolute atomic E-state index is 0. The van der Waals surface area contributed by atoms with Crippen molar-refractivity contribution in [1.82, 2.24) is 14.3 Å². The number of rotatable bonds is 5. The highest BCUT2D eigenvalue weighted by Crippen LogP contribution is 2.33. The zero-order chi connectivity index (χ0) is 18.9. The molecular formula is C16H13ClF2N4O2S2. The molecule has 0 saturated heterocycles. The van der Waals surface area contributed by atoms with E-state index in [1.807, 2.05) is 0 Å². The second-order valence-corrected chi connectivity index (χ2v) is 7.78. The van der Waals surface area contributed by atoms with Gasteiger partial charge in [-0.15, -0.1) is 23.7 Å². The lowest BCUT2D eigenvalue weighted by Gasteiger charge is -2.10. The Morgan fingerprint density at radius 2 is 2.11 bits per heavy atom. The average molecular weight is 431 g/mol. The number of hydrogen-bond donors (Lipinski definition) is 1. The molecule has 0 aliphatic carbocycles. The molecule has 0 radical (unpaired) electrons. The molecule has 0 aromatic carbocycles. The van der Waals surface area contributed by atoms with Crippen LogP contribution in [0.2, 0.25) is 0 Å². The molecule has 3 aromatic heterocycles. The smallest absolute Gasteiger partial charge is 0.270 e. The van der Waals surface area contributed by atoms with Crippen LogP contribution in [0.1, 0.15) is 11.1 Å². The molecule has 0 bridgehead atoms. The number of nitrogens with zero attached hydrogens (tertiary/aromatic N) is 3. The average Bonchev–Trinajstić information content (AvgIpc) is 3.22. The Labute approximate surface area is 164 Å². The molecule has 6 nitrogen and oxygen atoms in total. The molecule has 3 aromatic rings. The van der Waals surface area contributed by atoms with Crippen LogP contribution >= 0.6 is 23.7 Å². The van der Waals surface area contributed by atoms with Crippen LogP contribution in [0.4, 0.5) is 8.78 Å². The van der Waals surface area contributed by atoms with E-state index in [0.717, 1.165) is 17.5 Å². The third kappa shape index (κ3) is 3.59. The Balaban J connectivity index is 0.00000261. The second kappa shape index (κ2) is 8.14. The minimum atomic E-state index is -4.31. The van der Waals surface area contributed by atoms with Gasteiger partial charge in [-0.3, -0.25) is 0 Å². The first kappa shape index (κ1) is 21.0. The summed E-state index contributed by atoms with van der Waals surface area (Å²) in [5, 5.41) is 14.5. The fourth-order valence-electron chi connectivity index (χ4n) is 2.49. The van der Waals surface area contributed by atoms with Gasteiger partial charge in [-0.05, 0) is 19.2 Å². The van der Waals surface area contributed by atoms with Crippen molar-refractivity contribution >= 4 is 33.8 Å². The number of nitriles is 1. The van der Waals surface area contributed by atoms with Gasteiger partial charge in [0.25, 0.3) is 10.0 Å². The van der Waals surface area contributed by atoms with E-state index in [0.29, 0.717) is 3.97 Å². The molecule has 0 fully saturated rings. The van der Waals surface area contributed by atoms with Gasteiger partial charge in [-0.2, -0.15) is 9.65 Å². The van der Waals surface area contributed by atoms with E-state index in [9.17, 15) is 17.2 Å². The van der Waals surface area contributed by atoms with Crippen molar-refractivity contribution < 1.29 is 17.2 Å². The van der Waals surface area contributed by atoms with E-state index in [1.54, 1.807) is 13.1 Å². The lowest BCUT2D eigenvalue weighted by molar-refractivity contribution is 0.575. The predicted molar refractivity (Wildman–Crippen MR) is 99.2 cm³/mol. The van der Waals surface area contributed by atoms with Gasteiger partial charge in [0.2, 0.25) is 5.95 Å². The van der Waals surface area contributed by atoms with Gasteiger partial charge in [-0.25, -0.2) is 21.8 Å². The third-order valence-electron chi connectivity index (χ3n) is 3.65. The van der Waals surface area contributed by atoms with E-state index in [2.05, 4.69) is 10.3 Å². The zero-order valence-corrected chi connectivity index (χ0v) is 16.3. The maximum Gasteiger partial charge on any atom is 0.270 e. The normalized spacial score (nSPS) is 11.0. The first-order valence-corrected chi connectivity index (χ1v) is 9.67. The number of hydrogen-bond acceptors (Lipinski definition) is 6. The van der Waals surface area contributed by atoms with E-state index in [1.165, 1.54) is 29.1 Å². The third-order valence-corrected chi connectivity index (χ3v) is 6.24. The topological polar surface area (TPSA) is 87.8 Å². The van der Waals surface area contributed by atoms with Crippen molar-refractivity contribution in [2.75, 3.05) is 7.05 Å². The molecule has 27 heavy (non-hydrogen) atoms. The van der Waals surface area contributed by atoms with Crippen molar-refractivity contribution in [3.63, 3.8) is 0 Å². The first-order valence-electron chi connectivity index (χ1n) is 7.29. The molecule has 3 heterocycles. The summed E-state index contributed by atoms with van der Waals surface area (Å²) in [7, 11) is -2.74. The Morgan fingerprint density at radius 1 is 1.37 bits per heavy atom. The van der Waals surface area contributed by atoms with Crippen molar-refractivity contribution in [2.24, 2.45) is 0 Å². The van der Waals surface area contributed by atoms with Crippen LogP contribution in [0, 0.1) is 23.1 Å². The summed E-state index contributed by atoms with van der Waals surface area (Å²) in [6, 6.07) is 4.42. The van der Waals surface area contributed by atoms with Gasteiger partial charge >= 0.3 is 0 Å². The summed E-state index contributed by atoms with van der Waals surface area (Å²) in [6.07, 6.45) is 2.27. The van der Waals surface area contributed by atoms with Crippen molar-refractivity contribution in [2.45, 2.75) is 11.4 Å². The van der Waals surface area contributed by atoms with Crippen molar-refractivity contribution in [3.8, 4) is 17.3 Å². The van der Waals surface area contributed by atoms with Crippen molar-refractivity contribution in [1.29, 1.82) is 5.26 Å². The Kier molecular flexibility index (Phi) is 6.33. The lowest BCUT2D eigenvalue weighted by atomic mass is 10.2. The summed E-state index contributed by atoms with van der Waals surface area (Å²) >= 11 is 1.03. The number of thiophene rings is 1. The number of nitrogens with one attached hydrogen (secondary N) is 1. The van der Waals surface area contributed by atoms with Gasteiger partial charge in [0, 0.05) is 35.3 Å². The standard InChI is InChI=1S/C16H12F2N4O2S2.ClH/c1-20-6-11-7-22(26(23,24)13-9-25-8-10(13)5-19)15(14(11)17)12-3-2-4-21-16(12)18;/h2-4,7-9,20H,6H2,1H3;1H. The number of halogens is 3. The van der Waals surface area contributed by atoms with E-state index in [-0.39, 0.29) is 40.5 Å². The van der Waals surface area contributed by atoms with Crippen LogP contribution in [0.15, 0.2) is 40.2 Å². The quantitative estimate of drug-likeness (QED) is 0.628. The molecule has 0 atom stereocenters. The van der Waals surface area contributed by atoms with Crippen molar-refractivity contribution in [3.05, 3.63) is 58.2 Å². The number of aromatic nitrogens is 2. The van der Waals surface area contributed by atoms with Gasteiger partial charge in [0.15, 0.2) is 5.82 Å². The molecular weight excluding hydrogens is 418 g/mol. The lowest BCUT2D eigenvalue weighted by Crippen LogP contribution is -2.14. The van der Waals surface area contributed by atoms with Crippen LogP contribution in [-0.2, 0) is 16.6 Å². The second-order valence-electron chi connectivity index (χ2n) is 5.25. The summed E-state index contributed by atoms with van der Waals surface area (Å²) in [5.74, 6) is -1.87. The Hall–Kier alpha value is -2.32. The van der Waals surface area contributed by atoms with E-state index < -0.39 is 27.5 Å². The van der Waals surface area contributed by atoms with Crippen LogP contribution in [0.25, 0.3) is 11.3 Å². The van der Waals surface area contributed by atoms with Gasteiger partial charge < -0.3 is 5.32 Å². The van der Waals surface area contributed by atoms with Crippen LogP contribution in [0.3, 0.4) is 0 Å². The fraction of sp³-hybridized carbons (Fsp3) is 0.125. The molecule has 0 spiro atoms. The first-order chi connectivity index (χ1) is 12.4. The monoisotopic (exact) mass is 430 g/mol. The van der Waals surface area contributed by atoms with Gasteiger partial charge in [-0.1, -0.05) is 0 Å². The SMILES string of the molecule is CNCc1cn(S(=O)(=O)c2cscc2C#N)c(-c2cccnc2F)c1F.Cl. The maximum absolute atomic E-state index is 14.9. The molecule has 3 rings (SSSR count). The molecule has 1 N–H and O–H groups in total. The molecule has 142 valence electrons. The van der Waals surface area contributed by atoms with Crippen LogP contribution in [-0.4, -0.2) is 24.4 Å². The Bertz CT molecular complexity index is 1120. The molecule has 0 aliphatic heterocycles. The summed E-state index contributed by atoms with van der Waals surface area (Å²) < 4.78 is 55.8. The van der Waals surface area contributed by atoms with Gasteiger partial charge in [0.1, 0.15) is 16.7 Å². The fourth-order valence-corrected chi connectivity index (χ4v) is 5.13. The van der Waals surface area contributed by atoms with Crippen LogP contribution < -0.4 is 5.32 Å². The molecule has 0 amide bonds. The number of pyridine rings is 1. The highest BCUT2D eigenvalue weighted by atomic mass is 35.5.